The zero-order chi connectivity index (χ0) is 12.8. The van der Waals surface area contributed by atoms with Crippen LogP contribution in [-0.4, -0.2) is 5.92 Å². The van der Waals surface area contributed by atoms with Gasteiger partial charge in [0.1, 0.15) is 0 Å². The summed E-state index contributed by atoms with van der Waals surface area (Å²) in [5.41, 5.74) is 0.406. The van der Waals surface area contributed by atoms with Crippen LogP contribution in [0, 0.1) is 22.7 Å². The van der Waals surface area contributed by atoms with Crippen LogP contribution < -0.4 is 0 Å². The fraction of sp³-hybridized carbons (Fsp3) is 1.00. The van der Waals surface area contributed by atoms with Crippen molar-refractivity contribution in [3.05, 3.63) is 0 Å². The molecule has 0 spiro atoms. The van der Waals surface area contributed by atoms with Crippen LogP contribution in [0.2, 0.25) is 0 Å². The van der Waals surface area contributed by atoms with E-state index >= 15 is 0 Å². The molecule has 2 rings (SSSR count). The summed E-state index contributed by atoms with van der Waals surface area (Å²) < 4.78 is 24.6. The van der Waals surface area contributed by atoms with Crippen LogP contribution >= 0.6 is 0 Å². The van der Waals surface area contributed by atoms with E-state index < -0.39 is 5.92 Å². The average Bonchev–Trinajstić information content (AvgIpc) is 2.78. The maximum Gasteiger partial charge on any atom is 0.252 e. The van der Waals surface area contributed by atoms with Crippen LogP contribution in [0.15, 0.2) is 0 Å². The van der Waals surface area contributed by atoms with Gasteiger partial charge in [0.05, 0.1) is 0 Å². The van der Waals surface area contributed by atoms with Gasteiger partial charge in [0.2, 0.25) is 0 Å². The first-order chi connectivity index (χ1) is 6.94. The normalized spacial score (nSPS) is 28.1. The van der Waals surface area contributed by atoms with Crippen molar-refractivity contribution in [2.75, 3.05) is 0 Å². The summed E-state index contributed by atoms with van der Waals surface area (Å²) in [6.07, 6.45) is 3.05. The van der Waals surface area contributed by atoms with Crippen LogP contribution in [0.1, 0.15) is 60.8 Å². The second-order valence-corrected chi connectivity index (χ2v) is 7.52. The molecule has 0 aromatic rings. The minimum absolute atomic E-state index is 0.0938. The number of hydrogen-bond donors (Lipinski definition) is 0. The standard InChI is InChI=1S/C7H12F2.C7H14/c1-6(2,3)5-4-7(5,8)9;1-7(2,3)6-4-5-6/h5H,4H2,1-3H3;6H,4-5H2,1-3H3. The SMILES string of the molecule is CC(C)(C)C1CC1.CC(C)(C)C1CC1(F)F. The van der Waals surface area contributed by atoms with Crippen LogP contribution in [0.3, 0.4) is 0 Å². The third-order valence-corrected chi connectivity index (χ3v) is 3.67. The predicted molar refractivity (Wildman–Crippen MR) is 64.7 cm³/mol. The molecule has 2 aliphatic carbocycles. The molecule has 1 atom stereocenters. The molecule has 0 saturated heterocycles. The van der Waals surface area contributed by atoms with E-state index in [0.717, 1.165) is 5.92 Å². The molecule has 2 saturated carbocycles. The van der Waals surface area contributed by atoms with E-state index in [1.165, 1.54) is 12.8 Å². The Hall–Kier alpha value is -0.140. The minimum Gasteiger partial charge on any atom is -0.207 e. The highest BCUT2D eigenvalue weighted by Gasteiger charge is 2.61. The number of hydrogen-bond acceptors (Lipinski definition) is 0. The molecule has 1 unspecified atom stereocenters. The molecule has 2 fully saturated rings. The summed E-state index contributed by atoms with van der Waals surface area (Å²) in [5.74, 6) is -1.67. The Morgan fingerprint density at radius 2 is 1.25 bits per heavy atom. The molecule has 16 heavy (non-hydrogen) atoms. The fourth-order valence-corrected chi connectivity index (χ4v) is 2.10. The van der Waals surface area contributed by atoms with Gasteiger partial charge in [-0.15, -0.1) is 0 Å². The van der Waals surface area contributed by atoms with Crippen molar-refractivity contribution in [1.82, 2.24) is 0 Å². The maximum absolute atomic E-state index is 12.3. The van der Waals surface area contributed by atoms with Gasteiger partial charge in [0, 0.05) is 12.3 Å². The molecule has 0 aromatic heterocycles. The average molecular weight is 232 g/mol. The molecule has 0 bridgehead atoms. The zero-order valence-electron chi connectivity index (χ0n) is 11.5. The van der Waals surface area contributed by atoms with Gasteiger partial charge in [-0.25, -0.2) is 8.78 Å². The molecule has 2 heteroatoms. The van der Waals surface area contributed by atoms with Crippen LogP contribution in [0.25, 0.3) is 0 Å². The number of halogens is 2. The largest absolute Gasteiger partial charge is 0.252 e. The quantitative estimate of drug-likeness (QED) is 0.543. The van der Waals surface area contributed by atoms with E-state index in [9.17, 15) is 8.78 Å². The summed E-state index contributed by atoms with van der Waals surface area (Å²) in [6.45, 7) is 12.6. The van der Waals surface area contributed by atoms with Crippen molar-refractivity contribution in [3.63, 3.8) is 0 Å². The van der Waals surface area contributed by atoms with Gasteiger partial charge < -0.3 is 0 Å². The molecule has 2 aliphatic rings. The highest BCUT2D eigenvalue weighted by atomic mass is 19.3. The second kappa shape index (κ2) is 3.96. The van der Waals surface area contributed by atoms with Gasteiger partial charge in [0.15, 0.2) is 0 Å². The van der Waals surface area contributed by atoms with Gasteiger partial charge in [-0.05, 0) is 29.6 Å². The van der Waals surface area contributed by atoms with E-state index in [2.05, 4.69) is 20.8 Å². The lowest BCUT2D eigenvalue weighted by Crippen LogP contribution is -2.13. The Labute approximate surface area is 98.8 Å². The van der Waals surface area contributed by atoms with Gasteiger partial charge in [-0.2, -0.15) is 0 Å². The molecule has 0 aliphatic heterocycles. The first-order valence-electron chi connectivity index (χ1n) is 6.32. The van der Waals surface area contributed by atoms with Gasteiger partial charge in [-0.1, -0.05) is 41.5 Å². The van der Waals surface area contributed by atoms with Crippen molar-refractivity contribution < 1.29 is 8.78 Å². The molecule has 0 radical (unpaired) electrons. The van der Waals surface area contributed by atoms with Crippen LogP contribution in [0.4, 0.5) is 8.78 Å². The fourth-order valence-electron chi connectivity index (χ4n) is 2.10. The van der Waals surface area contributed by atoms with Gasteiger partial charge in [0.25, 0.3) is 5.92 Å². The number of rotatable bonds is 0. The van der Waals surface area contributed by atoms with Crippen molar-refractivity contribution in [2.24, 2.45) is 22.7 Å². The van der Waals surface area contributed by atoms with Crippen LogP contribution in [-0.2, 0) is 0 Å². The lowest BCUT2D eigenvalue weighted by molar-refractivity contribution is 0.0711. The molecule has 0 heterocycles. The molecule has 0 amide bonds. The molecule has 0 aromatic carbocycles. The molecule has 0 N–H and O–H groups in total. The van der Waals surface area contributed by atoms with E-state index in [-0.39, 0.29) is 17.8 Å². The van der Waals surface area contributed by atoms with E-state index in [4.69, 9.17) is 0 Å². The Morgan fingerprint density at radius 1 is 0.875 bits per heavy atom. The highest BCUT2D eigenvalue weighted by Crippen LogP contribution is 2.57. The van der Waals surface area contributed by atoms with Crippen molar-refractivity contribution in [1.29, 1.82) is 0 Å². The smallest absolute Gasteiger partial charge is 0.207 e. The van der Waals surface area contributed by atoms with E-state index in [1.54, 1.807) is 0 Å². The topological polar surface area (TPSA) is 0 Å². The van der Waals surface area contributed by atoms with E-state index in [0.29, 0.717) is 5.41 Å². The Morgan fingerprint density at radius 3 is 1.25 bits per heavy atom. The third-order valence-electron chi connectivity index (χ3n) is 3.67. The predicted octanol–water partition coefficient (Wildman–Crippen LogP) is 5.13. The second-order valence-electron chi connectivity index (χ2n) is 7.52. The summed E-state index contributed by atoms with van der Waals surface area (Å²) in [5, 5.41) is 0. The lowest BCUT2D eigenvalue weighted by Gasteiger charge is -2.16. The molecule has 96 valence electrons. The molecular formula is C14H26F2. The Kier molecular flexibility index (Phi) is 3.44. The summed E-state index contributed by atoms with van der Waals surface area (Å²) >= 11 is 0. The monoisotopic (exact) mass is 232 g/mol. The Balaban J connectivity index is 0.000000165. The van der Waals surface area contributed by atoms with Gasteiger partial charge >= 0.3 is 0 Å². The summed E-state index contributed by atoms with van der Waals surface area (Å²) in [7, 11) is 0. The summed E-state index contributed by atoms with van der Waals surface area (Å²) in [4.78, 5) is 0. The first kappa shape index (κ1) is 13.9. The molecule has 0 nitrogen and oxygen atoms in total. The van der Waals surface area contributed by atoms with Crippen LogP contribution in [0.5, 0.6) is 0 Å². The van der Waals surface area contributed by atoms with E-state index in [1.807, 2.05) is 20.8 Å². The van der Waals surface area contributed by atoms with Gasteiger partial charge in [-0.3, -0.25) is 0 Å². The van der Waals surface area contributed by atoms with Crippen molar-refractivity contribution in [3.8, 4) is 0 Å². The Bertz CT molecular complexity index is 238. The van der Waals surface area contributed by atoms with Crippen molar-refractivity contribution in [2.45, 2.75) is 66.7 Å². The lowest BCUT2D eigenvalue weighted by atomic mass is 9.90. The highest BCUT2D eigenvalue weighted by molar-refractivity contribution is 5.01. The van der Waals surface area contributed by atoms with Crippen molar-refractivity contribution >= 4 is 0 Å². The molecular weight excluding hydrogens is 206 g/mol. The number of alkyl halides is 2. The minimum atomic E-state index is -2.35. The summed E-state index contributed by atoms with van der Waals surface area (Å²) in [6, 6.07) is 0. The maximum atomic E-state index is 12.3. The third kappa shape index (κ3) is 4.03. The zero-order valence-corrected chi connectivity index (χ0v) is 11.5. The first-order valence-corrected chi connectivity index (χ1v) is 6.32.